The summed E-state index contributed by atoms with van der Waals surface area (Å²) in [5.41, 5.74) is 8.71. The Morgan fingerprint density at radius 3 is 2.56 bits per heavy atom. The molecule has 2 aromatic rings. The van der Waals surface area contributed by atoms with Crippen molar-refractivity contribution in [2.24, 2.45) is 0 Å². The van der Waals surface area contributed by atoms with E-state index in [1.165, 1.54) is 5.56 Å². The highest BCUT2D eigenvalue weighted by atomic mass is 16.5. The summed E-state index contributed by atoms with van der Waals surface area (Å²) in [4.78, 5) is 4.01. The van der Waals surface area contributed by atoms with Crippen LogP contribution in [0.4, 0.5) is 11.4 Å². The Hall–Kier alpha value is -2.23. The highest BCUT2D eigenvalue weighted by Gasteiger charge is 2.07. The molecule has 0 saturated carbocycles. The van der Waals surface area contributed by atoms with Crippen molar-refractivity contribution in [3.63, 3.8) is 0 Å². The molecule has 1 heterocycles. The maximum Gasteiger partial charge on any atom is 0.121 e. The molecule has 18 heavy (non-hydrogen) atoms. The van der Waals surface area contributed by atoms with Crippen molar-refractivity contribution in [3.8, 4) is 5.75 Å². The minimum atomic E-state index is 0.170. The predicted octanol–water partition coefficient (Wildman–Crippen LogP) is 2.85. The number of hydrogen-bond acceptors (Lipinski definition) is 4. The van der Waals surface area contributed by atoms with Crippen LogP contribution in [0, 0.1) is 0 Å². The van der Waals surface area contributed by atoms with Crippen LogP contribution in [0.25, 0.3) is 0 Å². The molecular formula is C14H17N3O. The van der Waals surface area contributed by atoms with E-state index < -0.39 is 0 Å². The molecule has 0 fully saturated rings. The normalized spacial score (nSPS) is 11.9. The molecule has 0 spiro atoms. The average Bonchev–Trinajstić information content (AvgIpc) is 2.42. The zero-order chi connectivity index (χ0) is 13.0. The lowest BCUT2D eigenvalue weighted by molar-refractivity contribution is 0.415. The largest absolute Gasteiger partial charge is 0.497 e. The molecule has 94 valence electrons. The Morgan fingerprint density at radius 1 is 1.22 bits per heavy atom. The first-order valence-electron chi connectivity index (χ1n) is 5.80. The molecular weight excluding hydrogens is 226 g/mol. The van der Waals surface area contributed by atoms with Crippen LogP contribution in [0.1, 0.15) is 18.5 Å². The van der Waals surface area contributed by atoms with E-state index in [1.54, 1.807) is 19.5 Å². The molecule has 0 amide bonds. The molecule has 1 unspecified atom stereocenters. The van der Waals surface area contributed by atoms with Crippen LogP contribution in [-0.4, -0.2) is 12.1 Å². The summed E-state index contributed by atoms with van der Waals surface area (Å²) in [6.45, 7) is 2.08. The van der Waals surface area contributed by atoms with Gasteiger partial charge in [0.15, 0.2) is 0 Å². The molecule has 0 saturated heterocycles. The fraction of sp³-hybridized carbons (Fsp3) is 0.214. The lowest BCUT2D eigenvalue weighted by atomic mass is 10.1. The molecule has 0 bridgehead atoms. The van der Waals surface area contributed by atoms with Crippen LogP contribution >= 0.6 is 0 Å². The van der Waals surface area contributed by atoms with E-state index in [2.05, 4.69) is 17.2 Å². The Bertz CT molecular complexity index is 514. The first kappa shape index (κ1) is 12.2. The molecule has 0 aliphatic rings. The molecule has 0 radical (unpaired) electrons. The molecule has 0 aliphatic heterocycles. The van der Waals surface area contributed by atoms with Crippen molar-refractivity contribution in [1.82, 2.24) is 4.98 Å². The van der Waals surface area contributed by atoms with E-state index in [1.807, 2.05) is 30.3 Å². The lowest BCUT2D eigenvalue weighted by Gasteiger charge is -2.17. The van der Waals surface area contributed by atoms with E-state index in [0.29, 0.717) is 5.69 Å². The van der Waals surface area contributed by atoms with Crippen molar-refractivity contribution in [2.45, 2.75) is 13.0 Å². The third-order valence-corrected chi connectivity index (χ3v) is 2.84. The number of nitrogens with zero attached hydrogens (tertiary/aromatic N) is 1. The quantitative estimate of drug-likeness (QED) is 0.811. The van der Waals surface area contributed by atoms with Gasteiger partial charge in [-0.3, -0.25) is 4.98 Å². The van der Waals surface area contributed by atoms with Gasteiger partial charge in [0, 0.05) is 24.5 Å². The molecule has 1 aromatic heterocycles. The zero-order valence-corrected chi connectivity index (χ0v) is 10.6. The van der Waals surface area contributed by atoms with Crippen LogP contribution < -0.4 is 15.8 Å². The number of ether oxygens (including phenoxy) is 1. The maximum atomic E-state index is 5.97. The third-order valence-electron chi connectivity index (χ3n) is 2.84. The summed E-state index contributed by atoms with van der Waals surface area (Å²) in [5, 5.41) is 3.37. The number of nitrogen functional groups attached to an aromatic ring is 1. The fourth-order valence-electron chi connectivity index (χ4n) is 1.77. The Morgan fingerprint density at radius 2 is 1.94 bits per heavy atom. The number of pyridine rings is 1. The van der Waals surface area contributed by atoms with Gasteiger partial charge in [0.1, 0.15) is 5.75 Å². The van der Waals surface area contributed by atoms with Crippen molar-refractivity contribution in [2.75, 3.05) is 18.2 Å². The number of anilines is 2. The van der Waals surface area contributed by atoms with Gasteiger partial charge in [-0.25, -0.2) is 0 Å². The van der Waals surface area contributed by atoms with Gasteiger partial charge in [0.25, 0.3) is 0 Å². The second kappa shape index (κ2) is 5.40. The first-order chi connectivity index (χ1) is 8.70. The number of benzene rings is 1. The van der Waals surface area contributed by atoms with Crippen LogP contribution in [0.3, 0.4) is 0 Å². The second-order valence-electron chi connectivity index (χ2n) is 4.10. The monoisotopic (exact) mass is 243 g/mol. The average molecular weight is 243 g/mol. The smallest absolute Gasteiger partial charge is 0.121 e. The first-order valence-corrected chi connectivity index (χ1v) is 5.80. The predicted molar refractivity (Wildman–Crippen MR) is 73.7 cm³/mol. The van der Waals surface area contributed by atoms with Crippen molar-refractivity contribution < 1.29 is 4.74 Å². The van der Waals surface area contributed by atoms with Crippen LogP contribution in [0.5, 0.6) is 5.75 Å². The molecule has 1 aromatic carbocycles. The maximum absolute atomic E-state index is 5.97. The summed E-state index contributed by atoms with van der Waals surface area (Å²) >= 11 is 0. The lowest BCUT2D eigenvalue weighted by Crippen LogP contribution is -2.08. The van der Waals surface area contributed by atoms with Gasteiger partial charge in [-0.15, -0.1) is 0 Å². The molecule has 0 aliphatic carbocycles. The molecule has 2 rings (SSSR count). The molecule has 3 N–H and O–H groups in total. The van der Waals surface area contributed by atoms with Gasteiger partial charge >= 0.3 is 0 Å². The standard InChI is InChI=1S/C14H17N3O/c1-10(11-5-7-16-8-6-11)17-14-4-3-12(18-2)9-13(14)15/h3-10,17H,15H2,1-2H3. The summed E-state index contributed by atoms with van der Waals surface area (Å²) < 4.78 is 5.12. The SMILES string of the molecule is COc1ccc(NC(C)c2ccncc2)c(N)c1. The van der Waals surface area contributed by atoms with Gasteiger partial charge in [-0.1, -0.05) is 0 Å². The summed E-state index contributed by atoms with van der Waals surface area (Å²) in [6.07, 6.45) is 3.57. The van der Waals surface area contributed by atoms with Gasteiger partial charge in [0.05, 0.1) is 18.5 Å². The van der Waals surface area contributed by atoms with E-state index in [4.69, 9.17) is 10.5 Å². The summed E-state index contributed by atoms with van der Waals surface area (Å²) in [6, 6.07) is 9.75. The van der Waals surface area contributed by atoms with E-state index in [0.717, 1.165) is 11.4 Å². The fourth-order valence-corrected chi connectivity index (χ4v) is 1.77. The van der Waals surface area contributed by atoms with Crippen molar-refractivity contribution >= 4 is 11.4 Å². The van der Waals surface area contributed by atoms with Crippen LogP contribution in [0.15, 0.2) is 42.7 Å². The van der Waals surface area contributed by atoms with Gasteiger partial charge in [-0.2, -0.15) is 0 Å². The van der Waals surface area contributed by atoms with Gasteiger partial charge in [-0.05, 0) is 36.8 Å². The van der Waals surface area contributed by atoms with E-state index in [-0.39, 0.29) is 6.04 Å². The minimum Gasteiger partial charge on any atom is -0.497 e. The van der Waals surface area contributed by atoms with Crippen LogP contribution in [0.2, 0.25) is 0 Å². The Labute approximate surface area is 107 Å². The highest BCUT2D eigenvalue weighted by molar-refractivity contribution is 5.68. The third kappa shape index (κ3) is 2.71. The number of methoxy groups -OCH3 is 1. The number of rotatable bonds is 4. The second-order valence-corrected chi connectivity index (χ2v) is 4.10. The Kier molecular flexibility index (Phi) is 3.67. The summed E-state index contributed by atoms with van der Waals surface area (Å²) in [5.74, 6) is 0.759. The number of nitrogens with one attached hydrogen (secondary N) is 1. The number of hydrogen-bond donors (Lipinski definition) is 2. The highest BCUT2D eigenvalue weighted by Crippen LogP contribution is 2.27. The Balaban J connectivity index is 2.14. The summed E-state index contributed by atoms with van der Waals surface area (Å²) in [7, 11) is 1.63. The number of nitrogens with two attached hydrogens (primary N) is 1. The van der Waals surface area contributed by atoms with Gasteiger partial charge < -0.3 is 15.8 Å². The van der Waals surface area contributed by atoms with Crippen LogP contribution in [-0.2, 0) is 0 Å². The number of aromatic nitrogens is 1. The molecule has 4 heteroatoms. The topological polar surface area (TPSA) is 60.2 Å². The van der Waals surface area contributed by atoms with Gasteiger partial charge in [0.2, 0.25) is 0 Å². The van der Waals surface area contributed by atoms with E-state index in [9.17, 15) is 0 Å². The van der Waals surface area contributed by atoms with E-state index >= 15 is 0 Å². The molecule has 1 atom stereocenters. The minimum absolute atomic E-state index is 0.170. The molecule has 4 nitrogen and oxygen atoms in total. The van der Waals surface area contributed by atoms with Crippen molar-refractivity contribution in [1.29, 1.82) is 0 Å². The zero-order valence-electron chi connectivity index (χ0n) is 10.6. The van der Waals surface area contributed by atoms with Crippen molar-refractivity contribution in [3.05, 3.63) is 48.3 Å².